The van der Waals surface area contributed by atoms with Crippen LogP contribution in [-0.2, 0) is 20.7 Å². The minimum absolute atomic E-state index is 0.218. The molecule has 2 heterocycles. The molecule has 19 heavy (non-hydrogen) atoms. The number of carbonyl (C=O) groups is 1. The lowest BCUT2D eigenvalue weighted by Crippen LogP contribution is -2.10. The number of rotatable bonds is 7. The average Bonchev–Trinajstić information content (AvgIpc) is 2.94. The molecule has 0 bridgehead atoms. The third-order valence-corrected chi connectivity index (χ3v) is 2.95. The van der Waals surface area contributed by atoms with E-state index in [4.69, 9.17) is 21.7 Å². The van der Waals surface area contributed by atoms with Crippen LogP contribution in [0.3, 0.4) is 0 Å². The van der Waals surface area contributed by atoms with Crippen molar-refractivity contribution in [3.05, 3.63) is 22.4 Å². The van der Waals surface area contributed by atoms with E-state index in [1.165, 1.54) is 0 Å². The van der Waals surface area contributed by atoms with Crippen LogP contribution in [0.1, 0.15) is 25.6 Å². The lowest BCUT2D eigenvalue weighted by molar-refractivity contribution is -0.140. The Morgan fingerprint density at radius 2 is 2.37 bits per heavy atom. The van der Waals surface area contributed by atoms with E-state index in [1.54, 1.807) is 0 Å². The van der Waals surface area contributed by atoms with Crippen LogP contribution in [0.5, 0.6) is 0 Å². The van der Waals surface area contributed by atoms with Gasteiger partial charge in [0.05, 0.1) is 5.92 Å². The van der Waals surface area contributed by atoms with Crippen molar-refractivity contribution in [1.29, 1.82) is 0 Å². The van der Waals surface area contributed by atoms with Gasteiger partial charge in [-0.2, -0.15) is 0 Å². The summed E-state index contributed by atoms with van der Waals surface area (Å²) in [7, 11) is 0. The highest BCUT2D eigenvalue weighted by molar-refractivity contribution is 7.71. The second-order valence-corrected chi connectivity index (χ2v) is 4.75. The molecule has 104 valence electrons. The highest BCUT2D eigenvalue weighted by atomic mass is 32.1. The fourth-order valence-corrected chi connectivity index (χ4v) is 2.00. The largest absolute Gasteiger partial charge is 0.428 e. The Bertz CT molecular complexity index is 520. The number of hydrogen-bond donors (Lipinski definition) is 2. The first-order valence-corrected chi connectivity index (χ1v) is 6.73. The number of nitrogens with zero attached hydrogens (tertiary/aromatic N) is 1. The van der Waals surface area contributed by atoms with Crippen molar-refractivity contribution in [3.63, 3.8) is 0 Å². The van der Waals surface area contributed by atoms with Crippen molar-refractivity contribution >= 4 is 18.2 Å². The number of cyclic esters (lactones) is 1. The summed E-state index contributed by atoms with van der Waals surface area (Å²) in [6.45, 7) is 3.07. The molecule has 0 radical (unpaired) electrons. The summed E-state index contributed by atoms with van der Waals surface area (Å²) in [6.07, 6.45) is 4.07. The molecular weight excluding hydrogens is 266 g/mol. The van der Waals surface area contributed by atoms with E-state index >= 15 is 0 Å². The van der Waals surface area contributed by atoms with E-state index in [-0.39, 0.29) is 11.9 Å². The van der Waals surface area contributed by atoms with Gasteiger partial charge in [-0.3, -0.25) is 15.0 Å². The summed E-state index contributed by atoms with van der Waals surface area (Å²) in [5.74, 6) is 0.920. The van der Waals surface area contributed by atoms with Crippen molar-refractivity contribution < 1.29 is 14.3 Å². The van der Waals surface area contributed by atoms with Crippen LogP contribution in [0.4, 0.5) is 0 Å². The van der Waals surface area contributed by atoms with Gasteiger partial charge in [-0.05, 0) is 31.1 Å². The smallest absolute Gasteiger partial charge is 0.318 e. The van der Waals surface area contributed by atoms with Crippen molar-refractivity contribution in [3.8, 4) is 0 Å². The first kappa shape index (κ1) is 14.0. The van der Waals surface area contributed by atoms with Crippen molar-refractivity contribution in [2.24, 2.45) is 5.92 Å². The molecule has 0 saturated carbocycles. The predicted octanol–water partition coefficient (Wildman–Crippen LogP) is 1.88. The summed E-state index contributed by atoms with van der Waals surface area (Å²) in [5.41, 5.74) is 0. The molecule has 6 nitrogen and oxygen atoms in total. The van der Waals surface area contributed by atoms with Gasteiger partial charge in [-0.25, -0.2) is 4.98 Å². The van der Waals surface area contributed by atoms with E-state index in [1.807, 2.05) is 13.0 Å². The minimum atomic E-state index is -0.223. The third kappa shape index (κ3) is 4.00. The topological polar surface area (TPSA) is 80.0 Å². The Morgan fingerprint density at radius 3 is 3.05 bits per heavy atom. The Balaban J connectivity index is 1.82. The van der Waals surface area contributed by atoms with Crippen molar-refractivity contribution in [2.75, 3.05) is 13.2 Å². The van der Waals surface area contributed by atoms with E-state index in [2.05, 4.69) is 15.2 Å². The Labute approximate surface area is 116 Å². The Kier molecular flexibility index (Phi) is 4.86. The Hall–Kier alpha value is -1.47. The lowest BCUT2D eigenvalue weighted by atomic mass is 10.0. The van der Waals surface area contributed by atoms with Crippen LogP contribution in [-0.4, -0.2) is 34.4 Å². The van der Waals surface area contributed by atoms with Gasteiger partial charge in [0, 0.05) is 13.0 Å². The molecule has 1 aliphatic rings. The quantitative estimate of drug-likeness (QED) is 0.454. The number of ether oxygens (including phenoxy) is 2. The standard InChI is InChI=1S/C12H17N3O3S/c1-2-5-17-7-9-6-8(11(16)18-9)3-4-10-13-12(19)15-14-10/h6,8H,2-5,7H2,1H3,(H2,13,14,15,19). The fraction of sp³-hybridized carbons (Fsp3) is 0.583. The van der Waals surface area contributed by atoms with Crippen LogP contribution in [0.15, 0.2) is 11.8 Å². The second kappa shape index (κ2) is 6.63. The zero-order chi connectivity index (χ0) is 13.7. The second-order valence-electron chi connectivity index (χ2n) is 4.37. The monoisotopic (exact) mass is 283 g/mol. The summed E-state index contributed by atoms with van der Waals surface area (Å²) in [6, 6.07) is 0. The summed E-state index contributed by atoms with van der Waals surface area (Å²) >= 11 is 4.87. The molecule has 0 amide bonds. The van der Waals surface area contributed by atoms with Gasteiger partial charge < -0.3 is 9.47 Å². The average molecular weight is 283 g/mol. The maximum absolute atomic E-state index is 11.7. The van der Waals surface area contributed by atoms with E-state index < -0.39 is 0 Å². The third-order valence-electron chi connectivity index (χ3n) is 2.76. The number of carbonyl (C=O) groups excluding carboxylic acids is 1. The SMILES string of the molecule is CCCOCC1=CC(CCc2nc(=S)[nH][nH]2)C(=O)O1. The van der Waals surface area contributed by atoms with Gasteiger partial charge in [0.2, 0.25) is 4.77 Å². The summed E-state index contributed by atoms with van der Waals surface area (Å²) in [5, 5.41) is 5.59. The van der Waals surface area contributed by atoms with Crippen LogP contribution >= 0.6 is 12.2 Å². The molecular formula is C12H17N3O3S. The van der Waals surface area contributed by atoms with Crippen LogP contribution < -0.4 is 0 Å². The first-order valence-electron chi connectivity index (χ1n) is 6.32. The zero-order valence-electron chi connectivity index (χ0n) is 10.8. The molecule has 2 N–H and O–H groups in total. The molecule has 1 aliphatic heterocycles. The van der Waals surface area contributed by atoms with Gasteiger partial charge in [0.1, 0.15) is 18.2 Å². The maximum Gasteiger partial charge on any atom is 0.318 e. The number of hydrogen-bond acceptors (Lipinski definition) is 5. The molecule has 7 heteroatoms. The van der Waals surface area contributed by atoms with Gasteiger partial charge in [-0.1, -0.05) is 6.92 Å². The van der Waals surface area contributed by atoms with Crippen molar-refractivity contribution in [1.82, 2.24) is 15.2 Å². The van der Waals surface area contributed by atoms with E-state index in [0.717, 1.165) is 12.2 Å². The fourth-order valence-electron chi connectivity index (χ4n) is 1.84. The molecule has 1 atom stereocenters. The van der Waals surface area contributed by atoms with Crippen LogP contribution in [0.2, 0.25) is 0 Å². The van der Waals surface area contributed by atoms with Gasteiger partial charge in [0.25, 0.3) is 0 Å². The molecule has 0 saturated heterocycles. The van der Waals surface area contributed by atoms with Crippen LogP contribution in [0, 0.1) is 10.7 Å². The number of nitrogens with one attached hydrogen (secondary N) is 2. The highest BCUT2D eigenvalue weighted by Crippen LogP contribution is 2.22. The highest BCUT2D eigenvalue weighted by Gasteiger charge is 2.27. The van der Waals surface area contributed by atoms with Gasteiger partial charge in [0.15, 0.2) is 0 Å². The predicted molar refractivity (Wildman–Crippen MR) is 70.9 cm³/mol. The van der Waals surface area contributed by atoms with Crippen molar-refractivity contribution in [2.45, 2.75) is 26.2 Å². The molecule has 0 aromatic carbocycles. The number of aromatic amines is 2. The molecule has 1 aromatic heterocycles. The van der Waals surface area contributed by atoms with Crippen LogP contribution in [0.25, 0.3) is 0 Å². The van der Waals surface area contributed by atoms with E-state index in [9.17, 15) is 4.79 Å². The van der Waals surface area contributed by atoms with Gasteiger partial charge >= 0.3 is 5.97 Å². The molecule has 0 fully saturated rings. The molecule has 2 rings (SSSR count). The number of aryl methyl sites for hydroxylation is 1. The first-order chi connectivity index (χ1) is 9.19. The number of aromatic nitrogens is 3. The molecule has 0 spiro atoms. The molecule has 0 aliphatic carbocycles. The normalized spacial score (nSPS) is 18.5. The Morgan fingerprint density at radius 1 is 1.53 bits per heavy atom. The lowest BCUT2D eigenvalue weighted by Gasteiger charge is -2.03. The number of H-pyrrole nitrogens is 2. The molecule has 1 unspecified atom stereocenters. The molecule has 1 aromatic rings. The maximum atomic E-state index is 11.7. The minimum Gasteiger partial charge on any atom is -0.428 e. The zero-order valence-corrected chi connectivity index (χ0v) is 11.6. The summed E-state index contributed by atoms with van der Waals surface area (Å²) in [4.78, 5) is 15.7. The number of esters is 1. The summed E-state index contributed by atoms with van der Waals surface area (Å²) < 4.78 is 10.9. The van der Waals surface area contributed by atoms with Gasteiger partial charge in [-0.15, -0.1) is 0 Å². The van der Waals surface area contributed by atoms with E-state index in [0.29, 0.717) is 36.6 Å².